The van der Waals surface area contributed by atoms with Gasteiger partial charge in [0.15, 0.2) is 0 Å². The van der Waals surface area contributed by atoms with E-state index in [9.17, 15) is 0 Å². The van der Waals surface area contributed by atoms with E-state index in [4.69, 9.17) is 0 Å². The first-order chi connectivity index (χ1) is 20.8. The van der Waals surface area contributed by atoms with E-state index in [1.807, 2.05) is 0 Å². The topological polar surface area (TPSA) is 0 Å². The van der Waals surface area contributed by atoms with Crippen molar-refractivity contribution in [1.29, 1.82) is 0 Å². The molecule has 1 saturated carbocycles. The van der Waals surface area contributed by atoms with Crippen molar-refractivity contribution in [1.82, 2.24) is 0 Å². The van der Waals surface area contributed by atoms with Gasteiger partial charge in [0.25, 0.3) is 0 Å². The fraction of sp³-hybridized carbons (Fsp3) is 0.268. The molecule has 1 fully saturated rings. The van der Waals surface area contributed by atoms with Crippen LogP contribution in [-0.2, 0) is 6.42 Å². The van der Waals surface area contributed by atoms with E-state index >= 15 is 0 Å². The zero-order chi connectivity index (χ0) is 28.6. The number of hydrogen-bond donors (Lipinski definition) is 0. The lowest BCUT2D eigenvalue weighted by molar-refractivity contribution is 0.351. The van der Waals surface area contributed by atoms with Crippen molar-refractivity contribution in [3.63, 3.8) is 0 Å². The van der Waals surface area contributed by atoms with Crippen LogP contribution < -0.4 is 15.9 Å². The van der Waals surface area contributed by atoms with Gasteiger partial charge in [0.2, 0.25) is 0 Å². The molecule has 1 aliphatic carbocycles. The normalized spacial score (nSPS) is 17.2. The molecule has 0 N–H and O–H groups in total. The van der Waals surface area contributed by atoms with Crippen molar-refractivity contribution in [2.75, 3.05) is 6.16 Å². The van der Waals surface area contributed by atoms with Gasteiger partial charge in [-0.05, 0) is 109 Å². The summed E-state index contributed by atoms with van der Waals surface area (Å²) >= 11 is 0. The van der Waals surface area contributed by atoms with E-state index in [0.717, 1.165) is 5.92 Å². The van der Waals surface area contributed by atoms with Gasteiger partial charge in [0.05, 0.1) is 6.16 Å². The zero-order valence-corrected chi connectivity index (χ0v) is 25.9. The lowest BCUT2D eigenvalue weighted by Gasteiger charge is -2.34. The molecule has 0 saturated heterocycles. The Morgan fingerprint density at radius 2 is 0.976 bits per heavy atom. The van der Waals surface area contributed by atoms with Gasteiger partial charge in [-0.15, -0.1) is 0 Å². The molecule has 0 atom stereocenters. The van der Waals surface area contributed by atoms with Gasteiger partial charge in [-0.3, -0.25) is 0 Å². The summed E-state index contributed by atoms with van der Waals surface area (Å²) in [6, 6.07) is 52.9. The van der Waals surface area contributed by atoms with Crippen LogP contribution in [0.4, 0.5) is 0 Å². The van der Waals surface area contributed by atoms with Crippen molar-refractivity contribution < 1.29 is 0 Å². The number of aryl methyl sites for hydroxylation is 1. The van der Waals surface area contributed by atoms with Gasteiger partial charge >= 0.3 is 0 Å². The maximum Gasteiger partial charge on any atom is 0.112 e. The smallest absolute Gasteiger partial charge is 0.0654 e. The number of benzene rings is 5. The molecule has 0 spiro atoms. The Labute approximate surface area is 254 Å². The molecule has 0 aliphatic heterocycles. The molecule has 0 heterocycles. The Hall–Kier alpha value is -3.47. The zero-order valence-electron chi connectivity index (χ0n) is 25.0. The molecule has 212 valence electrons. The SMILES string of the molecule is CCCCc1ccc(-c2ccc(C3CCC(C[P+](c4ccccc4)(c4ccccc4)c4ccccc4)CC3)cc2)cc1. The van der Waals surface area contributed by atoms with Crippen LogP contribution in [0.1, 0.15) is 62.5 Å². The van der Waals surface area contributed by atoms with Gasteiger partial charge in [-0.1, -0.05) is 116 Å². The number of unbranched alkanes of at least 4 members (excludes halogenated alkanes) is 1. The highest BCUT2D eigenvalue weighted by molar-refractivity contribution is 7.95. The lowest BCUT2D eigenvalue weighted by atomic mass is 9.79. The molecular formula is C41H44P+. The molecule has 1 heteroatoms. The van der Waals surface area contributed by atoms with E-state index in [-0.39, 0.29) is 0 Å². The Bertz CT molecular complexity index is 1400. The van der Waals surface area contributed by atoms with E-state index in [0.29, 0.717) is 5.92 Å². The molecule has 6 rings (SSSR count). The van der Waals surface area contributed by atoms with Crippen molar-refractivity contribution in [3.8, 4) is 11.1 Å². The van der Waals surface area contributed by atoms with Gasteiger partial charge in [-0.25, -0.2) is 0 Å². The van der Waals surface area contributed by atoms with Crippen LogP contribution in [0, 0.1) is 5.92 Å². The molecule has 1 aliphatic rings. The third kappa shape index (κ3) is 6.30. The van der Waals surface area contributed by atoms with E-state index in [1.165, 1.54) is 89.3 Å². The van der Waals surface area contributed by atoms with Crippen LogP contribution in [0.5, 0.6) is 0 Å². The minimum atomic E-state index is -1.76. The third-order valence-electron chi connectivity index (χ3n) is 9.46. The summed E-state index contributed by atoms with van der Waals surface area (Å²) in [6.45, 7) is 2.26. The molecule has 42 heavy (non-hydrogen) atoms. The van der Waals surface area contributed by atoms with Crippen LogP contribution in [0.3, 0.4) is 0 Å². The van der Waals surface area contributed by atoms with Gasteiger partial charge in [0.1, 0.15) is 23.2 Å². The maximum atomic E-state index is 2.40. The Morgan fingerprint density at radius 3 is 1.43 bits per heavy atom. The molecular weight excluding hydrogens is 523 g/mol. The van der Waals surface area contributed by atoms with Crippen LogP contribution in [0.2, 0.25) is 0 Å². The van der Waals surface area contributed by atoms with E-state index in [2.05, 4.69) is 146 Å². The first-order valence-corrected chi connectivity index (χ1v) is 18.0. The summed E-state index contributed by atoms with van der Waals surface area (Å²) in [4.78, 5) is 0. The largest absolute Gasteiger partial charge is 0.112 e. The van der Waals surface area contributed by atoms with Gasteiger partial charge < -0.3 is 0 Å². The molecule has 5 aromatic rings. The quantitative estimate of drug-likeness (QED) is 0.147. The molecule has 0 unspecified atom stereocenters. The molecule has 0 aromatic heterocycles. The van der Waals surface area contributed by atoms with Crippen LogP contribution in [0.15, 0.2) is 140 Å². The summed E-state index contributed by atoms with van der Waals surface area (Å²) in [5, 5.41) is 4.54. The molecule has 0 radical (unpaired) electrons. The predicted octanol–water partition coefficient (Wildman–Crippen LogP) is 9.96. The Kier molecular flexibility index (Phi) is 9.32. The highest BCUT2D eigenvalue weighted by Gasteiger charge is 2.47. The van der Waals surface area contributed by atoms with Gasteiger partial charge in [-0.2, -0.15) is 0 Å². The molecule has 0 nitrogen and oxygen atoms in total. The second kappa shape index (κ2) is 13.7. The predicted molar refractivity (Wildman–Crippen MR) is 185 cm³/mol. The van der Waals surface area contributed by atoms with Gasteiger partial charge in [0, 0.05) is 0 Å². The molecule has 0 amide bonds. The second-order valence-electron chi connectivity index (χ2n) is 12.1. The summed E-state index contributed by atoms with van der Waals surface area (Å²) in [6.07, 6.45) is 10.1. The Morgan fingerprint density at radius 1 is 0.524 bits per heavy atom. The summed E-state index contributed by atoms with van der Waals surface area (Å²) in [7, 11) is -1.76. The average Bonchev–Trinajstić information content (AvgIpc) is 3.08. The molecule has 5 aromatic carbocycles. The highest BCUT2D eigenvalue weighted by Crippen LogP contribution is 2.58. The maximum absolute atomic E-state index is 2.40. The minimum Gasteiger partial charge on any atom is -0.0654 e. The van der Waals surface area contributed by atoms with Crippen LogP contribution >= 0.6 is 7.26 Å². The number of hydrogen-bond acceptors (Lipinski definition) is 0. The van der Waals surface area contributed by atoms with Crippen molar-refractivity contribution in [2.24, 2.45) is 5.92 Å². The van der Waals surface area contributed by atoms with E-state index in [1.54, 1.807) is 0 Å². The first kappa shape index (κ1) is 28.6. The summed E-state index contributed by atoms with van der Waals surface area (Å²) in [5.41, 5.74) is 5.63. The van der Waals surface area contributed by atoms with Crippen LogP contribution in [-0.4, -0.2) is 6.16 Å². The third-order valence-corrected chi connectivity index (χ3v) is 14.1. The number of rotatable bonds is 10. The first-order valence-electron chi connectivity index (χ1n) is 16.0. The monoisotopic (exact) mass is 567 g/mol. The fourth-order valence-corrected chi connectivity index (χ4v) is 11.8. The highest BCUT2D eigenvalue weighted by atomic mass is 31.2. The summed E-state index contributed by atoms with van der Waals surface area (Å²) in [5.74, 6) is 1.41. The van der Waals surface area contributed by atoms with Crippen molar-refractivity contribution in [3.05, 3.63) is 151 Å². The average molecular weight is 568 g/mol. The van der Waals surface area contributed by atoms with Crippen molar-refractivity contribution >= 4 is 23.2 Å². The minimum absolute atomic E-state index is 0.671. The standard InChI is InChI=1S/C41H44P/c1-2-3-13-33-20-24-35(25-21-33)37-28-30-38(31-29-37)36-26-22-34(23-27-36)32-42(39-14-7-4-8-15-39,40-16-9-5-10-17-40)41-18-11-6-12-19-41/h4-12,14-21,24-25,28-31,34,36H,2-3,13,22-23,26-27,32H2,1H3/q+1. The molecule has 0 bridgehead atoms. The van der Waals surface area contributed by atoms with Crippen LogP contribution in [0.25, 0.3) is 11.1 Å². The second-order valence-corrected chi connectivity index (χ2v) is 15.7. The fourth-order valence-electron chi connectivity index (χ4n) is 7.07. The van der Waals surface area contributed by atoms with Crippen molar-refractivity contribution in [2.45, 2.75) is 57.8 Å². The summed E-state index contributed by atoms with van der Waals surface area (Å²) < 4.78 is 0. The van der Waals surface area contributed by atoms with E-state index < -0.39 is 7.26 Å². The lowest BCUT2D eigenvalue weighted by Crippen LogP contribution is -2.36. The Balaban J connectivity index is 1.19.